The predicted octanol–water partition coefficient (Wildman–Crippen LogP) is 1.44. The highest BCUT2D eigenvalue weighted by Crippen LogP contribution is 2.13. The first-order valence-electron chi connectivity index (χ1n) is 6.10. The number of hydrogen-bond acceptors (Lipinski definition) is 4. The van der Waals surface area contributed by atoms with Crippen molar-refractivity contribution in [2.75, 3.05) is 46.6 Å². The van der Waals surface area contributed by atoms with Crippen LogP contribution in [0, 0.1) is 0 Å². The van der Waals surface area contributed by atoms with E-state index in [1.54, 1.807) is 7.11 Å². The van der Waals surface area contributed by atoms with Gasteiger partial charge in [-0.25, -0.2) is 0 Å². The molecule has 0 aliphatic rings. The molecule has 0 aliphatic heterocycles. The summed E-state index contributed by atoms with van der Waals surface area (Å²) in [5, 5.41) is 3.32. The minimum absolute atomic E-state index is 0.0827. The Morgan fingerprint density at radius 3 is 2.31 bits per heavy atom. The molecule has 1 atom stereocenters. The third kappa shape index (κ3) is 8.05. The lowest BCUT2D eigenvalue weighted by Crippen LogP contribution is -2.40. The molecule has 1 N–H and O–H groups in total. The molecule has 0 heterocycles. The van der Waals surface area contributed by atoms with E-state index in [0.29, 0.717) is 26.4 Å². The fraction of sp³-hybridized carbons (Fsp3) is 1.00. The fourth-order valence-electron chi connectivity index (χ4n) is 1.26. The van der Waals surface area contributed by atoms with E-state index in [1.165, 1.54) is 0 Å². The molecule has 98 valence electrons. The Morgan fingerprint density at radius 2 is 1.75 bits per heavy atom. The third-order valence-electron chi connectivity index (χ3n) is 2.61. The summed E-state index contributed by atoms with van der Waals surface area (Å²) in [4.78, 5) is 0. The first-order chi connectivity index (χ1) is 7.68. The smallest absolute Gasteiger partial charge is 0.0776 e. The van der Waals surface area contributed by atoms with E-state index in [2.05, 4.69) is 26.1 Å². The van der Waals surface area contributed by atoms with Crippen molar-refractivity contribution in [1.29, 1.82) is 0 Å². The average Bonchev–Trinajstić information content (AvgIpc) is 2.31. The molecular weight excluding hydrogens is 206 g/mol. The van der Waals surface area contributed by atoms with Gasteiger partial charge in [-0.1, -0.05) is 13.8 Å². The number of hydrogen-bond donors (Lipinski definition) is 1. The van der Waals surface area contributed by atoms with Gasteiger partial charge in [-0.05, 0) is 19.9 Å². The lowest BCUT2D eigenvalue weighted by molar-refractivity contribution is -0.0609. The van der Waals surface area contributed by atoms with Gasteiger partial charge in [0.25, 0.3) is 0 Å². The van der Waals surface area contributed by atoms with Gasteiger partial charge in [-0.15, -0.1) is 0 Å². The molecule has 16 heavy (non-hydrogen) atoms. The van der Waals surface area contributed by atoms with Gasteiger partial charge in [0.15, 0.2) is 0 Å². The van der Waals surface area contributed by atoms with E-state index in [9.17, 15) is 0 Å². The van der Waals surface area contributed by atoms with Crippen LogP contribution in [0.5, 0.6) is 0 Å². The minimum Gasteiger partial charge on any atom is -0.382 e. The highest BCUT2D eigenvalue weighted by Gasteiger charge is 2.21. The van der Waals surface area contributed by atoms with Crippen molar-refractivity contribution in [3.63, 3.8) is 0 Å². The van der Waals surface area contributed by atoms with Crippen LogP contribution in [-0.4, -0.2) is 52.2 Å². The van der Waals surface area contributed by atoms with Crippen molar-refractivity contribution < 1.29 is 14.2 Å². The van der Waals surface area contributed by atoms with Gasteiger partial charge >= 0.3 is 0 Å². The Hall–Kier alpha value is -0.160. The van der Waals surface area contributed by atoms with Crippen molar-refractivity contribution in [2.24, 2.45) is 0 Å². The summed E-state index contributed by atoms with van der Waals surface area (Å²) in [5.74, 6) is 0. The Labute approximate surface area is 99.6 Å². The van der Waals surface area contributed by atoms with Crippen LogP contribution >= 0.6 is 0 Å². The Morgan fingerprint density at radius 1 is 1.06 bits per heavy atom. The maximum Gasteiger partial charge on any atom is 0.0776 e. The van der Waals surface area contributed by atoms with Crippen molar-refractivity contribution in [2.45, 2.75) is 32.8 Å². The monoisotopic (exact) mass is 233 g/mol. The van der Waals surface area contributed by atoms with Gasteiger partial charge in [0.1, 0.15) is 0 Å². The molecule has 0 aromatic rings. The molecular formula is C12H27NO3. The highest BCUT2D eigenvalue weighted by atomic mass is 16.5. The molecule has 4 heteroatoms. The maximum atomic E-state index is 5.83. The molecule has 0 aromatic heterocycles. The Kier molecular flexibility index (Phi) is 9.92. The average molecular weight is 233 g/mol. The number of nitrogens with one attached hydrogen (secondary N) is 1. The quantitative estimate of drug-likeness (QED) is 0.548. The summed E-state index contributed by atoms with van der Waals surface area (Å²) in [6, 6.07) is 0. The third-order valence-corrected chi connectivity index (χ3v) is 2.61. The topological polar surface area (TPSA) is 39.7 Å². The number of rotatable bonds is 11. The van der Waals surface area contributed by atoms with Gasteiger partial charge in [-0.3, -0.25) is 0 Å². The lowest BCUT2D eigenvalue weighted by Gasteiger charge is -2.29. The van der Waals surface area contributed by atoms with E-state index in [-0.39, 0.29) is 5.60 Å². The summed E-state index contributed by atoms with van der Waals surface area (Å²) in [6.45, 7) is 10.8. The van der Waals surface area contributed by atoms with Crippen LogP contribution in [0.2, 0.25) is 0 Å². The highest BCUT2D eigenvalue weighted by molar-refractivity contribution is 4.75. The molecule has 0 saturated heterocycles. The second kappa shape index (κ2) is 10.0. The summed E-state index contributed by atoms with van der Waals surface area (Å²) < 4.78 is 16.1. The molecule has 0 spiro atoms. The normalized spacial score (nSPS) is 15.0. The van der Waals surface area contributed by atoms with Crippen LogP contribution in [-0.2, 0) is 14.2 Å². The fourth-order valence-corrected chi connectivity index (χ4v) is 1.26. The first-order valence-corrected chi connectivity index (χ1v) is 6.10. The van der Waals surface area contributed by atoms with Crippen molar-refractivity contribution in [3.05, 3.63) is 0 Å². The molecule has 0 amide bonds. The molecule has 0 rings (SSSR count). The summed E-state index contributed by atoms with van der Waals surface area (Å²) >= 11 is 0. The van der Waals surface area contributed by atoms with Crippen LogP contribution < -0.4 is 5.32 Å². The van der Waals surface area contributed by atoms with Gasteiger partial charge < -0.3 is 19.5 Å². The second-order valence-corrected chi connectivity index (χ2v) is 4.04. The van der Waals surface area contributed by atoms with Crippen LogP contribution in [0.4, 0.5) is 0 Å². The van der Waals surface area contributed by atoms with Crippen LogP contribution in [0.15, 0.2) is 0 Å². The molecule has 1 unspecified atom stereocenters. The second-order valence-electron chi connectivity index (χ2n) is 4.04. The summed E-state index contributed by atoms with van der Waals surface area (Å²) in [5.41, 5.74) is -0.0827. The van der Waals surface area contributed by atoms with E-state index < -0.39 is 0 Å². The van der Waals surface area contributed by atoms with Crippen molar-refractivity contribution in [3.8, 4) is 0 Å². The molecule has 4 nitrogen and oxygen atoms in total. The van der Waals surface area contributed by atoms with Crippen LogP contribution in [0.1, 0.15) is 27.2 Å². The van der Waals surface area contributed by atoms with E-state index in [1.807, 2.05) is 0 Å². The zero-order valence-corrected chi connectivity index (χ0v) is 11.2. The van der Waals surface area contributed by atoms with Gasteiger partial charge in [-0.2, -0.15) is 0 Å². The van der Waals surface area contributed by atoms with E-state index in [0.717, 1.165) is 19.5 Å². The van der Waals surface area contributed by atoms with Crippen LogP contribution in [0.3, 0.4) is 0 Å². The molecule has 0 fully saturated rings. The van der Waals surface area contributed by atoms with E-state index >= 15 is 0 Å². The Bertz CT molecular complexity index is 155. The largest absolute Gasteiger partial charge is 0.382 e. The van der Waals surface area contributed by atoms with E-state index in [4.69, 9.17) is 14.2 Å². The van der Waals surface area contributed by atoms with Crippen LogP contribution in [0.25, 0.3) is 0 Å². The van der Waals surface area contributed by atoms with Gasteiger partial charge in [0, 0.05) is 13.7 Å². The molecule has 0 aromatic carbocycles. The minimum atomic E-state index is -0.0827. The Balaban J connectivity index is 3.53. The lowest BCUT2D eigenvalue weighted by atomic mass is 10.0. The molecule has 0 saturated carbocycles. The number of likely N-dealkylation sites (N-methyl/N-ethyl adjacent to an activating group) is 1. The predicted molar refractivity (Wildman–Crippen MR) is 65.9 cm³/mol. The molecule has 0 bridgehead atoms. The zero-order valence-electron chi connectivity index (χ0n) is 11.2. The standard InChI is InChI=1S/C12H27NO3/c1-5-12(3,11-13-6-2)16-10-9-15-8-7-14-4/h13H,5-11H2,1-4H3. The summed E-state index contributed by atoms with van der Waals surface area (Å²) in [7, 11) is 1.67. The molecule has 0 radical (unpaired) electrons. The van der Waals surface area contributed by atoms with Gasteiger partial charge in [0.05, 0.1) is 32.0 Å². The van der Waals surface area contributed by atoms with Crippen molar-refractivity contribution in [1.82, 2.24) is 5.32 Å². The number of ether oxygens (including phenoxy) is 3. The van der Waals surface area contributed by atoms with Crippen molar-refractivity contribution >= 4 is 0 Å². The molecule has 0 aliphatic carbocycles. The maximum absolute atomic E-state index is 5.83. The first kappa shape index (κ1) is 15.8. The SMILES string of the molecule is CCNCC(C)(CC)OCCOCCOC. The summed E-state index contributed by atoms with van der Waals surface area (Å²) in [6.07, 6.45) is 0.998. The number of methoxy groups -OCH3 is 1. The zero-order chi connectivity index (χ0) is 12.3. The van der Waals surface area contributed by atoms with Gasteiger partial charge in [0.2, 0.25) is 0 Å².